The molecule has 0 unspecified atom stereocenters. The average molecular weight is 377 g/mol. The van der Waals surface area contributed by atoms with E-state index in [2.05, 4.69) is 20.3 Å². The van der Waals surface area contributed by atoms with Crippen LogP contribution in [0.3, 0.4) is 0 Å². The maximum absolute atomic E-state index is 13.4. The van der Waals surface area contributed by atoms with Gasteiger partial charge < -0.3 is 14.6 Å². The number of nitrogens with one attached hydrogen (secondary N) is 1. The number of nitrogens with zero attached hydrogens (tertiary/aromatic N) is 4. The van der Waals surface area contributed by atoms with Crippen LogP contribution in [0.1, 0.15) is 11.5 Å². The summed E-state index contributed by atoms with van der Waals surface area (Å²) in [5, 5.41) is 4.13. The molecule has 0 bridgehead atoms. The smallest absolute Gasteiger partial charge is 0.233 e. The molecule has 142 valence electrons. The van der Waals surface area contributed by atoms with Crippen LogP contribution in [0.4, 0.5) is 16.2 Å². The third kappa shape index (κ3) is 3.38. The first kappa shape index (κ1) is 17.9. The van der Waals surface area contributed by atoms with E-state index in [1.807, 2.05) is 44.1 Å². The number of aromatic nitrogens is 3. The minimum absolute atomic E-state index is 0.283. The molecule has 0 amide bonds. The van der Waals surface area contributed by atoms with Crippen LogP contribution in [0.2, 0.25) is 0 Å². The number of hydrogen-bond donors (Lipinski definition) is 1. The van der Waals surface area contributed by atoms with Gasteiger partial charge in [-0.1, -0.05) is 18.2 Å². The molecule has 0 saturated carbocycles. The van der Waals surface area contributed by atoms with Gasteiger partial charge >= 0.3 is 0 Å². The van der Waals surface area contributed by atoms with E-state index in [1.165, 1.54) is 12.1 Å². The molecule has 1 aromatic carbocycles. The number of halogens is 1. The molecule has 1 N–H and O–H groups in total. The molecule has 0 aliphatic heterocycles. The Morgan fingerprint density at radius 2 is 1.86 bits per heavy atom. The predicted octanol–water partition coefficient (Wildman–Crippen LogP) is 4.41. The number of hydrogen-bond acceptors (Lipinski definition) is 6. The molecule has 6 nitrogen and oxygen atoms in total. The van der Waals surface area contributed by atoms with Crippen molar-refractivity contribution in [2.75, 3.05) is 24.3 Å². The van der Waals surface area contributed by atoms with Gasteiger partial charge in [0.05, 0.1) is 17.6 Å². The van der Waals surface area contributed by atoms with Crippen molar-refractivity contribution in [1.29, 1.82) is 0 Å². The summed E-state index contributed by atoms with van der Waals surface area (Å²) in [6.07, 6.45) is 1.75. The number of aryl methyl sites for hydroxylation is 1. The fraction of sp³-hybridized carbons (Fsp3) is 0.190. The molecular weight excluding hydrogens is 357 g/mol. The first-order valence-corrected chi connectivity index (χ1v) is 8.91. The van der Waals surface area contributed by atoms with Gasteiger partial charge in [0, 0.05) is 25.9 Å². The lowest BCUT2D eigenvalue weighted by molar-refractivity contribution is 0.568. The molecule has 0 fully saturated rings. The van der Waals surface area contributed by atoms with E-state index in [-0.39, 0.29) is 5.82 Å². The molecule has 0 spiro atoms. The number of anilines is 2. The maximum atomic E-state index is 13.4. The Hall–Kier alpha value is -3.48. The first-order chi connectivity index (χ1) is 13.5. The van der Waals surface area contributed by atoms with Crippen LogP contribution >= 0.6 is 0 Å². The summed E-state index contributed by atoms with van der Waals surface area (Å²) in [7, 11) is 3.75. The summed E-state index contributed by atoms with van der Waals surface area (Å²) >= 11 is 0. The first-order valence-electron chi connectivity index (χ1n) is 8.91. The lowest BCUT2D eigenvalue weighted by Crippen LogP contribution is -2.14. The lowest BCUT2D eigenvalue weighted by Gasteiger charge is -2.13. The van der Waals surface area contributed by atoms with Crippen molar-refractivity contribution < 1.29 is 8.81 Å². The molecular formula is C21H20FN5O. The van der Waals surface area contributed by atoms with E-state index in [9.17, 15) is 4.39 Å². The van der Waals surface area contributed by atoms with Crippen LogP contribution in [0.5, 0.6) is 0 Å². The molecule has 0 atom stereocenters. The highest BCUT2D eigenvalue weighted by atomic mass is 19.1. The van der Waals surface area contributed by atoms with Crippen molar-refractivity contribution in [1.82, 2.24) is 15.0 Å². The molecule has 3 aromatic heterocycles. The quantitative estimate of drug-likeness (QED) is 0.556. The standard InChI is InChI=1S/C21H20FN5O/c1-13-17(14-7-9-15(22)10-8-14)18-19(24-12-16-6-4-5-11-23-16)25-21(27(2)3)26-20(18)28-13/h4-11H,12H2,1-3H3,(H,24,25,26). The molecule has 4 rings (SSSR count). The highest BCUT2D eigenvalue weighted by Crippen LogP contribution is 2.38. The molecule has 0 aliphatic rings. The van der Waals surface area contributed by atoms with Crippen molar-refractivity contribution in [3.05, 3.63) is 65.9 Å². The maximum Gasteiger partial charge on any atom is 0.233 e. The van der Waals surface area contributed by atoms with Crippen LogP contribution in [-0.2, 0) is 6.54 Å². The van der Waals surface area contributed by atoms with E-state index in [0.29, 0.717) is 29.8 Å². The highest BCUT2D eigenvalue weighted by molar-refractivity contribution is 6.01. The second kappa shape index (κ2) is 7.26. The van der Waals surface area contributed by atoms with Crippen molar-refractivity contribution in [2.24, 2.45) is 0 Å². The molecule has 3 heterocycles. The topological polar surface area (TPSA) is 67.1 Å². The number of fused-ring (bicyclic) bond motifs is 1. The van der Waals surface area contributed by atoms with E-state index in [4.69, 9.17) is 4.42 Å². The third-order valence-corrected chi connectivity index (χ3v) is 4.41. The predicted molar refractivity (Wildman–Crippen MR) is 108 cm³/mol. The van der Waals surface area contributed by atoms with Gasteiger partial charge in [-0.05, 0) is 36.8 Å². The van der Waals surface area contributed by atoms with Crippen molar-refractivity contribution >= 4 is 22.9 Å². The Bertz CT molecular complexity index is 1110. The summed E-state index contributed by atoms with van der Waals surface area (Å²) in [6, 6.07) is 12.1. The normalized spacial score (nSPS) is 11.0. The Labute approximate surface area is 162 Å². The van der Waals surface area contributed by atoms with Gasteiger partial charge in [0.1, 0.15) is 17.4 Å². The lowest BCUT2D eigenvalue weighted by atomic mass is 10.0. The van der Waals surface area contributed by atoms with Gasteiger partial charge in [-0.3, -0.25) is 4.98 Å². The molecule has 0 saturated heterocycles. The minimum atomic E-state index is -0.283. The molecule has 0 radical (unpaired) electrons. The summed E-state index contributed by atoms with van der Waals surface area (Å²) in [6.45, 7) is 2.38. The number of furan rings is 1. The van der Waals surface area contributed by atoms with E-state index in [1.54, 1.807) is 18.3 Å². The van der Waals surface area contributed by atoms with Gasteiger partial charge in [0.15, 0.2) is 0 Å². The average Bonchev–Trinajstić information content (AvgIpc) is 3.03. The largest absolute Gasteiger partial charge is 0.442 e. The molecule has 28 heavy (non-hydrogen) atoms. The summed E-state index contributed by atoms with van der Waals surface area (Å²) in [5.41, 5.74) is 3.08. The number of rotatable bonds is 5. The van der Waals surface area contributed by atoms with Crippen LogP contribution < -0.4 is 10.2 Å². The van der Waals surface area contributed by atoms with Gasteiger partial charge in [0.25, 0.3) is 0 Å². The highest BCUT2D eigenvalue weighted by Gasteiger charge is 2.21. The second-order valence-corrected chi connectivity index (χ2v) is 6.66. The number of pyridine rings is 1. The zero-order valence-corrected chi connectivity index (χ0v) is 15.9. The van der Waals surface area contributed by atoms with E-state index >= 15 is 0 Å². The summed E-state index contributed by atoms with van der Waals surface area (Å²) in [5.74, 6) is 1.60. The van der Waals surface area contributed by atoms with E-state index < -0.39 is 0 Å². The van der Waals surface area contributed by atoms with Gasteiger partial charge in [-0.15, -0.1) is 0 Å². The Kier molecular flexibility index (Phi) is 4.65. The summed E-state index contributed by atoms with van der Waals surface area (Å²) < 4.78 is 19.3. The zero-order valence-electron chi connectivity index (χ0n) is 15.9. The van der Waals surface area contributed by atoms with Crippen molar-refractivity contribution in [2.45, 2.75) is 13.5 Å². The van der Waals surface area contributed by atoms with Gasteiger partial charge in [-0.25, -0.2) is 4.39 Å². The van der Waals surface area contributed by atoms with Gasteiger partial charge in [-0.2, -0.15) is 9.97 Å². The SMILES string of the molecule is Cc1oc2nc(N(C)C)nc(NCc3ccccn3)c2c1-c1ccc(F)cc1. The van der Waals surface area contributed by atoms with Crippen LogP contribution in [0, 0.1) is 12.7 Å². The van der Waals surface area contributed by atoms with Crippen LogP contribution in [-0.4, -0.2) is 29.0 Å². The third-order valence-electron chi connectivity index (χ3n) is 4.41. The Balaban J connectivity index is 1.86. The zero-order chi connectivity index (χ0) is 19.7. The monoisotopic (exact) mass is 377 g/mol. The van der Waals surface area contributed by atoms with Crippen molar-refractivity contribution in [3.63, 3.8) is 0 Å². The second-order valence-electron chi connectivity index (χ2n) is 6.66. The Morgan fingerprint density at radius 3 is 2.54 bits per heavy atom. The molecule has 7 heteroatoms. The van der Waals surface area contributed by atoms with E-state index in [0.717, 1.165) is 22.2 Å². The van der Waals surface area contributed by atoms with Crippen LogP contribution in [0.25, 0.3) is 22.2 Å². The van der Waals surface area contributed by atoms with Crippen molar-refractivity contribution in [3.8, 4) is 11.1 Å². The molecule has 0 aliphatic carbocycles. The molecule has 4 aromatic rings. The number of benzene rings is 1. The minimum Gasteiger partial charge on any atom is -0.442 e. The fourth-order valence-corrected chi connectivity index (χ4v) is 3.07. The van der Waals surface area contributed by atoms with Gasteiger partial charge in [0.2, 0.25) is 11.7 Å². The fourth-order valence-electron chi connectivity index (χ4n) is 3.07. The Morgan fingerprint density at radius 1 is 1.07 bits per heavy atom. The summed E-state index contributed by atoms with van der Waals surface area (Å²) in [4.78, 5) is 15.4. The van der Waals surface area contributed by atoms with Crippen LogP contribution in [0.15, 0.2) is 53.1 Å².